The molecule has 0 amide bonds. The van der Waals surface area contributed by atoms with E-state index in [9.17, 15) is 13.2 Å². The molecule has 9 heteroatoms. The normalized spacial score (nSPS) is 16.9. The number of para-hydroxylation sites is 1. The Kier molecular flexibility index (Phi) is 7.49. The lowest BCUT2D eigenvalue weighted by molar-refractivity contribution is -0.153. The Bertz CT molecular complexity index is 875. The second kappa shape index (κ2) is 10.3. The van der Waals surface area contributed by atoms with E-state index in [4.69, 9.17) is 9.47 Å². The SMILES string of the molecule is CN=C(NCc1ccc(OCC(F)(F)F)c(OC)c1)NC1CCN(c2ccccc2)C1. The topological polar surface area (TPSA) is 58.1 Å². The van der Waals surface area contributed by atoms with E-state index in [-0.39, 0.29) is 17.5 Å². The van der Waals surface area contributed by atoms with Gasteiger partial charge < -0.3 is 25.0 Å². The number of aliphatic imine (C=N–C) groups is 1. The summed E-state index contributed by atoms with van der Waals surface area (Å²) < 4.78 is 47.2. The van der Waals surface area contributed by atoms with Crippen molar-refractivity contribution >= 4 is 11.6 Å². The molecular formula is C22H27F3N4O2. The van der Waals surface area contributed by atoms with Gasteiger partial charge in [-0.25, -0.2) is 0 Å². The van der Waals surface area contributed by atoms with Gasteiger partial charge in [-0.1, -0.05) is 24.3 Å². The molecule has 0 aliphatic carbocycles. The van der Waals surface area contributed by atoms with Crippen LogP contribution in [0.4, 0.5) is 18.9 Å². The maximum Gasteiger partial charge on any atom is 0.422 e. The first-order valence-corrected chi connectivity index (χ1v) is 10.0. The molecule has 3 rings (SSSR count). The molecule has 0 bridgehead atoms. The first-order chi connectivity index (χ1) is 14.9. The number of anilines is 1. The van der Waals surface area contributed by atoms with Crippen molar-refractivity contribution in [3.05, 3.63) is 54.1 Å². The van der Waals surface area contributed by atoms with Gasteiger partial charge in [-0.15, -0.1) is 0 Å². The summed E-state index contributed by atoms with van der Waals surface area (Å²) in [7, 11) is 3.10. The van der Waals surface area contributed by atoms with Crippen LogP contribution in [0.5, 0.6) is 11.5 Å². The molecule has 2 aromatic rings. The van der Waals surface area contributed by atoms with Gasteiger partial charge in [0.05, 0.1) is 7.11 Å². The number of benzene rings is 2. The van der Waals surface area contributed by atoms with Crippen LogP contribution in [0, 0.1) is 0 Å². The molecule has 0 spiro atoms. The zero-order chi connectivity index (χ0) is 22.3. The Balaban J connectivity index is 1.52. The van der Waals surface area contributed by atoms with Crippen LogP contribution < -0.4 is 25.0 Å². The molecule has 0 radical (unpaired) electrons. The van der Waals surface area contributed by atoms with Crippen LogP contribution in [0.3, 0.4) is 0 Å². The highest BCUT2D eigenvalue weighted by Crippen LogP contribution is 2.29. The van der Waals surface area contributed by atoms with Gasteiger partial charge in [0.25, 0.3) is 0 Å². The summed E-state index contributed by atoms with van der Waals surface area (Å²) in [5.41, 5.74) is 2.03. The minimum absolute atomic E-state index is 0.0537. The summed E-state index contributed by atoms with van der Waals surface area (Å²) in [6.45, 7) is 0.919. The fourth-order valence-electron chi connectivity index (χ4n) is 3.43. The summed E-state index contributed by atoms with van der Waals surface area (Å²) in [5.74, 6) is 0.968. The molecule has 2 N–H and O–H groups in total. The van der Waals surface area contributed by atoms with Crippen LogP contribution in [0.2, 0.25) is 0 Å². The Labute approximate surface area is 180 Å². The van der Waals surface area contributed by atoms with Crippen LogP contribution in [0.15, 0.2) is 53.5 Å². The number of hydrogen-bond donors (Lipinski definition) is 2. The first-order valence-electron chi connectivity index (χ1n) is 10.0. The molecule has 1 aliphatic heterocycles. The zero-order valence-electron chi connectivity index (χ0n) is 17.6. The number of guanidine groups is 1. The highest BCUT2D eigenvalue weighted by atomic mass is 19.4. The number of hydrogen-bond acceptors (Lipinski definition) is 4. The minimum Gasteiger partial charge on any atom is -0.493 e. The maximum absolute atomic E-state index is 12.4. The quantitative estimate of drug-likeness (QED) is 0.513. The monoisotopic (exact) mass is 436 g/mol. The third kappa shape index (κ3) is 6.70. The van der Waals surface area contributed by atoms with Crippen molar-refractivity contribution < 1.29 is 22.6 Å². The van der Waals surface area contributed by atoms with E-state index in [1.165, 1.54) is 18.9 Å². The molecule has 1 atom stereocenters. The molecule has 1 fully saturated rings. The van der Waals surface area contributed by atoms with Crippen molar-refractivity contribution in [1.29, 1.82) is 0 Å². The van der Waals surface area contributed by atoms with Crippen LogP contribution in [0.25, 0.3) is 0 Å². The Morgan fingerprint density at radius 2 is 1.94 bits per heavy atom. The van der Waals surface area contributed by atoms with Gasteiger partial charge in [0, 0.05) is 38.4 Å². The first kappa shape index (κ1) is 22.6. The summed E-state index contributed by atoms with van der Waals surface area (Å²) >= 11 is 0. The molecule has 6 nitrogen and oxygen atoms in total. The molecular weight excluding hydrogens is 409 g/mol. The van der Waals surface area contributed by atoms with E-state index in [1.54, 1.807) is 19.2 Å². The van der Waals surface area contributed by atoms with E-state index in [0.29, 0.717) is 12.5 Å². The third-order valence-electron chi connectivity index (χ3n) is 4.95. The highest BCUT2D eigenvalue weighted by Gasteiger charge is 2.29. The molecule has 2 aromatic carbocycles. The average Bonchev–Trinajstić information content (AvgIpc) is 3.24. The van der Waals surface area contributed by atoms with Gasteiger partial charge in [0.2, 0.25) is 0 Å². The fourth-order valence-corrected chi connectivity index (χ4v) is 3.43. The fraction of sp³-hybridized carbons (Fsp3) is 0.409. The predicted molar refractivity (Wildman–Crippen MR) is 115 cm³/mol. The molecule has 0 aromatic heterocycles. The standard InChI is InChI=1S/C22H27F3N4O2/c1-26-21(28-17-10-11-29(14-17)18-6-4-3-5-7-18)27-13-16-8-9-19(20(12-16)30-2)31-15-22(23,24)25/h3-9,12,17H,10-11,13-15H2,1-2H3,(H2,26,27,28). The van der Waals surface area contributed by atoms with E-state index >= 15 is 0 Å². The zero-order valence-corrected chi connectivity index (χ0v) is 17.6. The lowest BCUT2D eigenvalue weighted by Gasteiger charge is -2.20. The number of halogens is 3. The van der Waals surface area contributed by atoms with Gasteiger partial charge >= 0.3 is 6.18 Å². The molecule has 31 heavy (non-hydrogen) atoms. The Morgan fingerprint density at radius 1 is 1.16 bits per heavy atom. The lowest BCUT2D eigenvalue weighted by atomic mass is 10.2. The smallest absolute Gasteiger partial charge is 0.422 e. The summed E-state index contributed by atoms with van der Waals surface area (Å²) in [5, 5.41) is 6.67. The third-order valence-corrected chi connectivity index (χ3v) is 4.95. The van der Waals surface area contributed by atoms with Gasteiger partial charge in [-0.2, -0.15) is 13.2 Å². The summed E-state index contributed by atoms with van der Waals surface area (Å²) in [4.78, 5) is 6.60. The van der Waals surface area contributed by atoms with Crippen LogP contribution >= 0.6 is 0 Å². The largest absolute Gasteiger partial charge is 0.493 e. The van der Waals surface area contributed by atoms with E-state index in [2.05, 4.69) is 32.7 Å². The maximum atomic E-state index is 12.4. The summed E-state index contributed by atoms with van der Waals surface area (Å²) in [6, 6.07) is 15.4. The predicted octanol–water partition coefficient (Wildman–Crippen LogP) is 3.58. The van der Waals surface area contributed by atoms with Gasteiger partial charge in [-0.05, 0) is 36.2 Å². The molecule has 168 valence electrons. The van der Waals surface area contributed by atoms with E-state index in [1.807, 2.05) is 18.2 Å². The lowest BCUT2D eigenvalue weighted by Crippen LogP contribution is -2.44. The van der Waals surface area contributed by atoms with Crippen LogP contribution in [-0.2, 0) is 6.54 Å². The number of methoxy groups -OCH3 is 1. The highest BCUT2D eigenvalue weighted by molar-refractivity contribution is 5.80. The average molecular weight is 436 g/mol. The number of nitrogens with zero attached hydrogens (tertiary/aromatic N) is 2. The number of nitrogens with one attached hydrogen (secondary N) is 2. The van der Waals surface area contributed by atoms with Crippen molar-refractivity contribution in [2.24, 2.45) is 4.99 Å². The van der Waals surface area contributed by atoms with Crippen molar-refractivity contribution in [2.45, 2.75) is 25.2 Å². The van der Waals surface area contributed by atoms with Crippen molar-refractivity contribution in [3.8, 4) is 11.5 Å². The number of alkyl halides is 3. The van der Waals surface area contributed by atoms with Crippen LogP contribution in [-0.4, -0.2) is 52.0 Å². The Hall–Kier alpha value is -3.10. The minimum atomic E-state index is -4.40. The van der Waals surface area contributed by atoms with E-state index in [0.717, 1.165) is 25.1 Å². The van der Waals surface area contributed by atoms with Crippen molar-refractivity contribution in [3.63, 3.8) is 0 Å². The van der Waals surface area contributed by atoms with Crippen molar-refractivity contribution in [2.75, 3.05) is 38.8 Å². The van der Waals surface area contributed by atoms with Gasteiger partial charge in [-0.3, -0.25) is 4.99 Å². The molecule has 0 saturated carbocycles. The van der Waals surface area contributed by atoms with E-state index < -0.39 is 12.8 Å². The molecule has 1 unspecified atom stereocenters. The Morgan fingerprint density at radius 3 is 2.61 bits per heavy atom. The second-order valence-electron chi connectivity index (χ2n) is 7.23. The van der Waals surface area contributed by atoms with Gasteiger partial charge in [0.1, 0.15) is 0 Å². The summed E-state index contributed by atoms with van der Waals surface area (Å²) in [6.07, 6.45) is -3.41. The second-order valence-corrected chi connectivity index (χ2v) is 7.23. The van der Waals surface area contributed by atoms with Gasteiger partial charge in [0.15, 0.2) is 24.1 Å². The van der Waals surface area contributed by atoms with Crippen molar-refractivity contribution in [1.82, 2.24) is 10.6 Å². The molecule has 1 aliphatic rings. The number of ether oxygens (including phenoxy) is 2. The molecule has 1 saturated heterocycles. The van der Waals surface area contributed by atoms with Crippen LogP contribution in [0.1, 0.15) is 12.0 Å². The molecule has 1 heterocycles. The number of rotatable bonds is 7.